The molecule has 1 aliphatic heterocycles. The number of methoxy groups -OCH3 is 7. The molecule has 0 saturated carbocycles. The molecule has 0 unspecified atom stereocenters. The summed E-state index contributed by atoms with van der Waals surface area (Å²) in [4.78, 5) is 15.7. The Labute approximate surface area is 234 Å². The van der Waals surface area contributed by atoms with Crippen molar-refractivity contribution in [3.8, 4) is 40.2 Å². The van der Waals surface area contributed by atoms with Crippen LogP contribution in [0.4, 0.5) is 0 Å². The van der Waals surface area contributed by atoms with E-state index in [2.05, 4.69) is 0 Å². The summed E-state index contributed by atoms with van der Waals surface area (Å²) in [5.41, 5.74) is 4.27. The summed E-state index contributed by atoms with van der Waals surface area (Å²) < 4.78 is 38.5. The molecule has 212 valence electrons. The quantitative estimate of drug-likeness (QED) is 0.354. The minimum atomic E-state index is -0.0820. The van der Waals surface area contributed by atoms with E-state index in [1.807, 2.05) is 36.4 Å². The average Bonchev–Trinajstić information content (AvgIpc) is 2.99. The van der Waals surface area contributed by atoms with Crippen molar-refractivity contribution in [2.75, 3.05) is 56.3 Å². The number of fused-ring (bicyclic) bond motifs is 1. The largest absolute Gasteiger partial charge is 0.493 e. The lowest BCUT2D eigenvalue weighted by Crippen LogP contribution is -2.36. The minimum Gasteiger partial charge on any atom is -0.493 e. The fraction of sp³-hybridized carbons (Fsp3) is 0.323. The van der Waals surface area contributed by atoms with Crippen LogP contribution < -0.4 is 33.2 Å². The van der Waals surface area contributed by atoms with Crippen molar-refractivity contribution in [3.63, 3.8) is 0 Å². The summed E-state index contributed by atoms with van der Waals surface area (Å²) in [6.45, 7) is 0.491. The molecule has 9 nitrogen and oxygen atoms in total. The molecule has 9 heteroatoms. The van der Waals surface area contributed by atoms with E-state index in [4.69, 9.17) is 33.2 Å². The standard InChI is InChI=1S/C31H35NO8/c1-34-24-9-8-19(13-25(24)35-2)12-23-22-18-27(37-4)26(36-3)17-21(22)10-11-32(23)30(33)16-20-14-28(38-5)31(40-7)29(15-20)39-6/h8-9,12-15,17-18H,10-11,16H2,1-7H3. The number of carbonyl (C=O) groups is 1. The number of hydrogen-bond donors (Lipinski definition) is 0. The lowest BCUT2D eigenvalue weighted by Gasteiger charge is -2.33. The molecule has 40 heavy (non-hydrogen) atoms. The van der Waals surface area contributed by atoms with Gasteiger partial charge in [-0.1, -0.05) is 6.07 Å². The molecule has 0 bridgehead atoms. The minimum absolute atomic E-state index is 0.0820. The van der Waals surface area contributed by atoms with Gasteiger partial charge in [-0.05, 0) is 65.6 Å². The summed E-state index contributed by atoms with van der Waals surface area (Å²) in [6.07, 6.45) is 2.75. The highest BCUT2D eigenvalue weighted by atomic mass is 16.5. The Hall–Kier alpha value is -4.53. The number of amides is 1. The van der Waals surface area contributed by atoms with E-state index in [0.29, 0.717) is 53.2 Å². The molecule has 0 spiro atoms. The smallest absolute Gasteiger partial charge is 0.231 e. The van der Waals surface area contributed by atoms with Gasteiger partial charge in [0.2, 0.25) is 11.7 Å². The third-order valence-corrected chi connectivity index (χ3v) is 6.87. The van der Waals surface area contributed by atoms with Gasteiger partial charge in [-0.3, -0.25) is 4.79 Å². The molecule has 1 amide bonds. The zero-order valence-corrected chi connectivity index (χ0v) is 24.0. The monoisotopic (exact) mass is 549 g/mol. The SMILES string of the molecule is COc1ccc(C=C2c3cc(OC)c(OC)cc3CCN2C(=O)Cc2cc(OC)c(OC)c(OC)c2)cc1OC. The maximum atomic E-state index is 13.9. The van der Waals surface area contributed by atoms with Gasteiger partial charge in [0.05, 0.1) is 61.9 Å². The van der Waals surface area contributed by atoms with Crippen LogP contribution in [0, 0.1) is 0 Å². The van der Waals surface area contributed by atoms with E-state index in [-0.39, 0.29) is 12.3 Å². The van der Waals surface area contributed by atoms with Crippen molar-refractivity contribution in [1.82, 2.24) is 4.90 Å². The van der Waals surface area contributed by atoms with Crippen LogP contribution in [0.2, 0.25) is 0 Å². The number of nitrogens with zero attached hydrogens (tertiary/aromatic N) is 1. The fourth-order valence-electron chi connectivity index (χ4n) is 4.89. The van der Waals surface area contributed by atoms with Crippen LogP contribution in [0.5, 0.6) is 40.2 Å². The van der Waals surface area contributed by atoms with Crippen LogP contribution in [-0.2, 0) is 17.6 Å². The molecule has 1 heterocycles. The van der Waals surface area contributed by atoms with Crippen LogP contribution in [-0.4, -0.2) is 67.1 Å². The van der Waals surface area contributed by atoms with Gasteiger partial charge in [0, 0.05) is 12.1 Å². The molecule has 1 aliphatic rings. The van der Waals surface area contributed by atoms with Gasteiger partial charge in [-0.2, -0.15) is 0 Å². The molecule has 4 rings (SSSR count). The topological polar surface area (TPSA) is 84.9 Å². The summed E-state index contributed by atoms with van der Waals surface area (Å²) in [6, 6.07) is 13.1. The lowest BCUT2D eigenvalue weighted by molar-refractivity contribution is -0.127. The third kappa shape index (κ3) is 5.59. The van der Waals surface area contributed by atoms with E-state index < -0.39 is 0 Å². The maximum absolute atomic E-state index is 13.9. The van der Waals surface area contributed by atoms with Gasteiger partial charge in [0.15, 0.2) is 34.5 Å². The van der Waals surface area contributed by atoms with Crippen LogP contribution >= 0.6 is 0 Å². The molecule has 3 aromatic rings. The Balaban J connectivity index is 1.80. The summed E-state index contributed by atoms with van der Waals surface area (Å²) in [5, 5.41) is 0. The van der Waals surface area contributed by atoms with Crippen molar-refractivity contribution in [3.05, 3.63) is 64.7 Å². The Bertz CT molecular complexity index is 1390. The maximum Gasteiger partial charge on any atom is 0.231 e. The fourth-order valence-corrected chi connectivity index (χ4v) is 4.89. The van der Waals surface area contributed by atoms with Crippen LogP contribution in [0.1, 0.15) is 22.3 Å². The third-order valence-electron chi connectivity index (χ3n) is 6.87. The Morgan fingerprint density at radius 2 is 1.27 bits per heavy atom. The highest BCUT2D eigenvalue weighted by Crippen LogP contribution is 2.41. The number of rotatable bonds is 10. The van der Waals surface area contributed by atoms with Crippen LogP contribution in [0.25, 0.3) is 11.8 Å². The number of ether oxygens (including phenoxy) is 7. The van der Waals surface area contributed by atoms with E-state index >= 15 is 0 Å². The molecule has 0 N–H and O–H groups in total. The molecule has 0 aliphatic carbocycles. The van der Waals surface area contributed by atoms with Crippen molar-refractivity contribution in [2.24, 2.45) is 0 Å². The van der Waals surface area contributed by atoms with Gasteiger partial charge >= 0.3 is 0 Å². The first-order valence-electron chi connectivity index (χ1n) is 12.7. The van der Waals surface area contributed by atoms with Crippen molar-refractivity contribution in [2.45, 2.75) is 12.8 Å². The zero-order chi connectivity index (χ0) is 28.8. The van der Waals surface area contributed by atoms with E-state index in [0.717, 1.165) is 28.0 Å². The molecular formula is C31H35NO8. The highest BCUT2D eigenvalue weighted by molar-refractivity contribution is 5.95. The second-order valence-corrected chi connectivity index (χ2v) is 9.01. The number of carbonyl (C=O) groups excluding carboxylic acids is 1. The molecule has 0 fully saturated rings. The van der Waals surface area contributed by atoms with Crippen molar-refractivity contribution >= 4 is 17.7 Å². The second-order valence-electron chi connectivity index (χ2n) is 9.01. The first-order valence-corrected chi connectivity index (χ1v) is 12.7. The van der Waals surface area contributed by atoms with E-state index in [1.54, 1.807) is 66.8 Å². The Morgan fingerprint density at radius 3 is 1.85 bits per heavy atom. The predicted molar refractivity (Wildman–Crippen MR) is 152 cm³/mol. The van der Waals surface area contributed by atoms with E-state index in [1.165, 1.54) is 0 Å². The summed E-state index contributed by atoms with van der Waals surface area (Å²) >= 11 is 0. The predicted octanol–water partition coefficient (Wildman–Crippen LogP) is 4.87. The van der Waals surface area contributed by atoms with Gasteiger partial charge in [0.25, 0.3) is 0 Å². The molecule has 0 aromatic heterocycles. The normalized spacial score (nSPS) is 13.4. The average molecular weight is 550 g/mol. The molecule has 0 radical (unpaired) electrons. The van der Waals surface area contributed by atoms with Crippen molar-refractivity contribution in [1.29, 1.82) is 0 Å². The van der Waals surface area contributed by atoms with Crippen molar-refractivity contribution < 1.29 is 38.0 Å². The van der Waals surface area contributed by atoms with Gasteiger partial charge < -0.3 is 38.1 Å². The van der Waals surface area contributed by atoms with Gasteiger partial charge in [-0.25, -0.2) is 0 Å². The summed E-state index contributed by atoms with van der Waals surface area (Å²) in [7, 11) is 11.0. The molecule has 0 atom stereocenters. The molecule has 0 saturated heterocycles. The first-order chi connectivity index (χ1) is 19.4. The Kier molecular flexibility index (Phi) is 8.93. The second kappa shape index (κ2) is 12.5. The van der Waals surface area contributed by atoms with E-state index in [9.17, 15) is 4.79 Å². The van der Waals surface area contributed by atoms with Gasteiger partial charge in [0.1, 0.15) is 0 Å². The lowest BCUT2D eigenvalue weighted by atomic mass is 9.93. The Morgan fingerprint density at radius 1 is 0.700 bits per heavy atom. The number of hydrogen-bond acceptors (Lipinski definition) is 8. The first kappa shape index (κ1) is 28.5. The highest BCUT2D eigenvalue weighted by Gasteiger charge is 2.28. The molecular weight excluding hydrogens is 514 g/mol. The molecule has 3 aromatic carbocycles. The van der Waals surface area contributed by atoms with Gasteiger partial charge in [-0.15, -0.1) is 0 Å². The van der Waals surface area contributed by atoms with Crippen LogP contribution in [0.15, 0.2) is 42.5 Å². The summed E-state index contributed by atoms with van der Waals surface area (Å²) in [5.74, 6) is 3.82. The zero-order valence-electron chi connectivity index (χ0n) is 24.0. The van der Waals surface area contributed by atoms with Crippen LogP contribution in [0.3, 0.4) is 0 Å². The number of benzene rings is 3.